The molecule has 2 bridgehead atoms. The van der Waals surface area contributed by atoms with Crippen molar-refractivity contribution in [2.24, 2.45) is 16.7 Å². The van der Waals surface area contributed by atoms with Gasteiger partial charge >= 0.3 is 5.69 Å². The number of nitrogens with one attached hydrogen (secondary N) is 1. The van der Waals surface area contributed by atoms with Gasteiger partial charge in [-0.3, -0.25) is 10.1 Å². The van der Waals surface area contributed by atoms with Crippen LogP contribution in [-0.4, -0.2) is 15.9 Å². The molecule has 2 aliphatic rings. The van der Waals surface area contributed by atoms with Crippen LogP contribution in [0.15, 0.2) is 16.7 Å². The molecule has 21 heavy (non-hydrogen) atoms. The first-order valence-corrected chi connectivity index (χ1v) is 8.10. The minimum Gasteiger partial charge on any atom is -0.361 e. The highest BCUT2D eigenvalue weighted by atomic mass is 79.9. The molecule has 0 saturated heterocycles. The molecule has 1 aromatic heterocycles. The maximum atomic E-state index is 11.3. The first-order chi connectivity index (χ1) is 9.74. The van der Waals surface area contributed by atoms with E-state index in [2.05, 4.69) is 47.0 Å². The van der Waals surface area contributed by atoms with Gasteiger partial charge in [-0.15, -0.1) is 0 Å². The molecule has 5 nitrogen and oxygen atoms in total. The van der Waals surface area contributed by atoms with Crippen LogP contribution in [0.2, 0.25) is 0 Å². The van der Waals surface area contributed by atoms with Crippen LogP contribution in [0.4, 0.5) is 11.5 Å². The van der Waals surface area contributed by atoms with Gasteiger partial charge in [0.1, 0.15) is 0 Å². The summed E-state index contributed by atoms with van der Waals surface area (Å²) in [4.78, 5) is 15.1. The Morgan fingerprint density at radius 3 is 2.76 bits per heavy atom. The predicted octanol–water partition coefficient (Wildman–Crippen LogP) is 4.38. The second-order valence-corrected chi connectivity index (χ2v) is 8.19. The molecule has 0 aromatic carbocycles. The van der Waals surface area contributed by atoms with Gasteiger partial charge in [0.15, 0.2) is 0 Å². The van der Waals surface area contributed by atoms with Gasteiger partial charge in [0.2, 0.25) is 5.82 Å². The summed E-state index contributed by atoms with van der Waals surface area (Å²) in [5.74, 6) is 1.07. The van der Waals surface area contributed by atoms with Crippen molar-refractivity contribution in [1.82, 2.24) is 4.98 Å². The lowest BCUT2D eigenvalue weighted by Crippen LogP contribution is -2.46. The average Bonchev–Trinajstić information content (AvgIpc) is 2.87. The summed E-state index contributed by atoms with van der Waals surface area (Å²) in [6.07, 6.45) is 5.25. The molecule has 114 valence electrons. The molecule has 1 aromatic rings. The number of hydrogen-bond acceptors (Lipinski definition) is 4. The average molecular weight is 354 g/mol. The van der Waals surface area contributed by atoms with E-state index in [0.717, 1.165) is 0 Å². The van der Waals surface area contributed by atoms with Crippen LogP contribution in [0.25, 0.3) is 0 Å². The van der Waals surface area contributed by atoms with E-state index >= 15 is 0 Å². The molecule has 1 N–H and O–H groups in total. The molecule has 0 amide bonds. The molecule has 6 heteroatoms. The Bertz CT molecular complexity index is 600. The van der Waals surface area contributed by atoms with Gasteiger partial charge in [-0.25, -0.2) is 4.98 Å². The van der Waals surface area contributed by atoms with E-state index in [-0.39, 0.29) is 27.5 Å². The van der Waals surface area contributed by atoms with E-state index in [1.165, 1.54) is 25.3 Å². The van der Waals surface area contributed by atoms with Gasteiger partial charge in [-0.1, -0.05) is 20.8 Å². The minimum atomic E-state index is -0.372. The fraction of sp³-hybridized carbons (Fsp3) is 0.667. The van der Waals surface area contributed by atoms with E-state index in [0.29, 0.717) is 16.2 Å². The predicted molar refractivity (Wildman–Crippen MR) is 85.2 cm³/mol. The maximum Gasteiger partial charge on any atom is 0.312 e. The summed E-state index contributed by atoms with van der Waals surface area (Å²) in [5, 5.41) is 14.7. The van der Waals surface area contributed by atoms with Gasteiger partial charge in [0.25, 0.3) is 0 Å². The zero-order chi connectivity index (χ0) is 15.4. The normalized spacial score (nSPS) is 33.1. The van der Waals surface area contributed by atoms with E-state index in [4.69, 9.17) is 0 Å². The number of nitrogens with zero attached hydrogens (tertiary/aromatic N) is 2. The van der Waals surface area contributed by atoms with Crippen molar-refractivity contribution >= 4 is 27.4 Å². The van der Waals surface area contributed by atoms with Gasteiger partial charge in [0, 0.05) is 22.8 Å². The highest BCUT2D eigenvalue weighted by molar-refractivity contribution is 9.10. The van der Waals surface area contributed by atoms with Crippen LogP contribution in [-0.2, 0) is 0 Å². The van der Waals surface area contributed by atoms with Crippen molar-refractivity contribution in [2.75, 3.05) is 5.32 Å². The lowest BCUT2D eigenvalue weighted by molar-refractivity contribution is -0.384. The molecular formula is C15H20BrN3O2. The summed E-state index contributed by atoms with van der Waals surface area (Å²) in [6, 6.07) is 1.73. The number of aromatic nitrogens is 1. The van der Waals surface area contributed by atoms with E-state index in [9.17, 15) is 10.1 Å². The van der Waals surface area contributed by atoms with Crippen molar-refractivity contribution in [3.8, 4) is 0 Å². The Morgan fingerprint density at radius 1 is 1.48 bits per heavy atom. The number of halogens is 1. The Hall–Kier alpha value is -1.17. The van der Waals surface area contributed by atoms with Crippen LogP contribution in [0, 0.1) is 26.9 Å². The van der Waals surface area contributed by atoms with Gasteiger partial charge in [0.05, 0.1) is 4.92 Å². The third-order valence-corrected chi connectivity index (χ3v) is 6.02. The largest absolute Gasteiger partial charge is 0.361 e. The summed E-state index contributed by atoms with van der Waals surface area (Å²) in [6.45, 7) is 6.83. The van der Waals surface area contributed by atoms with Crippen molar-refractivity contribution in [2.45, 2.75) is 46.1 Å². The van der Waals surface area contributed by atoms with Crippen LogP contribution in [0.1, 0.15) is 40.0 Å². The van der Waals surface area contributed by atoms with Crippen molar-refractivity contribution in [3.05, 3.63) is 26.9 Å². The van der Waals surface area contributed by atoms with Gasteiger partial charge < -0.3 is 5.32 Å². The van der Waals surface area contributed by atoms with Crippen LogP contribution >= 0.6 is 15.9 Å². The first kappa shape index (κ1) is 14.8. The molecule has 2 saturated carbocycles. The second kappa shape index (κ2) is 4.66. The molecule has 2 aliphatic carbocycles. The number of anilines is 1. The quantitative estimate of drug-likeness (QED) is 0.646. The number of nitro groups is 1. The molecular weight excluding hydrogens is 334 g/mol. The molecule has 3 unspecified atom stereocenters. The summed E-state index contributed by atoms with van der Waals surface area (Å²) in [5.41, 5.74) is 0.374. The lowest BCUT2D eigenvalue weighted by atomic mass is 9.68. The topological polar surface area (TPSA) is 68.1 Å². The third-order valence-electron chi connectivity index (χ3n) is 5.58. The Kier molecular flexibility index (Phi) is 3.28. The maximum absolute atomic E-state index is 11.3. The number of hydrogen-bond donors (Lipinski definition) is 1. The molecule has 3 rings (SSSR count). The summed E-state index contributed by atoms with van der Waals surface area (Å²) in [7, 11) is 0. The van der Waals surface area contributed by atoms with Crippen LogP contribution in [0.5, 0.6) is 0 Å². The van der Waals surface area contributed by atoms with E-state index in [1.54, 1.807) is 6.20 Å². The zero-order valence-corrected chi connectivity index (χ0v) is 14.1. The Balaban J connectivity index is 1.96. The van der Waals surface area contributed by atoms with E-state index in [1.807, 2.05) is 0 Å². The van der Waals surface area contributed by atoms with Crippen LogP contribution < -0.4 is 5.32 Å². The number of pyridine rings is 1. The second-order valence-electron chi connectivity index (χ2n) is 7.27. The highest BCUT2D eigenvalue weighted by Gasteiger charge is 2.59. The first-order valence-electron chi connectivity index (χ1n) is 7.30. The van der Waals surface area contributed by atoms with Gasteiger partial charge in [-0.2, -0.15) is 0 Å². The molecule has 3 atom stereocenters. The molecule has 1 heterocycles. The SMILES string of the molecule is CC12CCC(C1)C(C)(C)C2Nc1ncc(Br)cc1[N+](=O)[O-]. The molecule has 0 spiro atoms. The molecule has 2 fully saturated rings. The minimum absolute atomic E-state index is 0.0338. The van der Waals surface area contributed by atoms with Crippen molar-refractivity contribution < 1.29 is 4.92 Å². The summed E-state index contributed by atoms with van der Waals surface area (Å²) < 4.78 is 0.623. The van der Waals surface area contributed by atoms with Crippen LogP contribution in [0.3, 0.4) is 0 Å². The van der Waals surface area contributed by atoms with Crippen molar-refractivity contribution in [3.63, 3.8) is 0 Å². The lowest BCUT2D eigenvalue weighted by Gasteiger charge is -2.43. The third kappa shape index (κ3) is 2.24. The Morgan fingerprint density at radius 2 is 2.19 bits per heavy atom. The monoisotopic (exact) mass is 353 g/mol. The smallest absolute Gasteiger partial charge is 0.312 e. The molecule has 0 aliphatic heterocycles. The summed E-state index contributed by atoms with van der Waals surface area (Å²) >= 11 is 3.25. The highest BCUT2D eigenvalue weighted by Crippen LogP contribution is 2.63. The standard InChI is InChI=1S/C15H20BrN3O2/c1-14(2)9-4-5-15(3,7-9)13(14)18-12-11(19(20)21)6-10(16)8-17-12/h6,8-9,13H,4-5,7H2,1-3H3,(H,17,18). The number of fused-ring (bicyclic) bond motifs is 2. The van der Waals surface area contributed by atoms with Crippen molar-refractivity contribution in [1.29, 1.82) is 0 Å². The van der Waals surface area contributed by atoms with E-state index < -0.39 is 0 Å². The Labute approximate surface area is 132 Å². The van der Waals surface area contributed by atoms with Gasteiger partial charge in [-0.05, 0) is 51.9 Å². The fourth-order valence-electron chi connectivity index (χ4n) is 4.48. The fourth-order valence-corrected chi connectivity index (χ4v) is 4.80. The zero-order valence-electron chi connectivity index (χ0n) is 12.5. The number of rotatable bonds is 3. The molecule has 0 radical (unpaired) electrons.